The van der Waals surface area contributed by atoms with Crippen LogP contribution in [0.2, 0.25) is 0 Å². The number of esters is 1. The van der Waals surface area contributed by atoms with Crippen molar-refractivity contribution in [2.24, 2.45) is 0 Å². The summed E-state index contributed by atoms with van der Waals surface area (Å²) in [5.74, 6) is -0.939. The maximum absolute atomic E-state index is 13.8. The van der Waals surface area contributed by atoms with E-state index in [2.05, 4.69) is 9.94 Å². The quantitative estimate of drug-likeness (QED) is 0.629. The number of methoxy groups -OCH3 is 1. The number of aromatic nitrogens is 2. The summed E-state index contributed by atoms with van der Waals surface area (Å²) in [6, 6.07) is 2.82. The van der Waals surface area contributed by atoms with Gasteiger partial charge >= 0.3 is 5.97 Å². The van der Waals surface area contributed by atoms with Crippen LogP contribution in [0.25, 0.3) is 4.85 Å². The van der Waals surface area contributed by atoms with E-state index >= 15 is 0 Å². The molecule has 0 aliphatic rings. The average Bonchev–Trinajstić information content (AvgIpc) is 2.95. The Morgan fingerprint density at radius 3 is 2.91 bits per heavy atom. The third kappa shape index (κ3) is 3.23. The highest BCUT2D eigenvalue weighted by atomic mass is 19.1. The Labute approximate surface area is 126 Å². The van der Waals surface area contributed by atoms with Crippen LogP contribution in [-0.2, 0) is 11.3 Å². The molecule has 0 fully saturated rings. The normalized spacial score (nSPS) is 10.1. The van der Waals surface area contributed by atoms with Gasteiger partial charge in [0.25, 0.3) is 5.69 Å². The van der Waals surface area contributed by atoms with E-state index < -0.39 is 11.8 Å². The first kappa shape index (κ1) is 15.5. The molecule has 0 atom stereocenters. The largest absolute Gasteiger partial charge is 0.508 e. The van der Waals surface area contributed by atoms with E-state index in [4.69, 9.17) is 16.0 Å². The van der Waals surface area contributed by atoms with E-state index in [9.17, 15) is 9.18 Å². The minimum Gasteiger partial charge on any atom is -0.508 e. The van der Waals surface area contributed by atoms with Gasteiger partial charge in [0.05, 0.1) is 38.6 Å². The van der Waals surface area contributed by atoms with Gasteiger partial charge in [-0.1, -0.05) is 0 Å². The number of hydrogen-bond donors (Lipinski definition) is 0. The minimum absolute atomic E-state index is 0.154. The van der Waals surface area contributed by atoms with E-state index in [1.807, 2.05) is 0 Å². The minimum atomic E-state index is -0.651. The Kier molecular flexibility index (Phi) is 4.73. The first-order valence-electron chi connectivity index (χ1n) is 6.52. The molecule has 22 heavy (non-hydrogen) atoms. The SMILES string of the molecule is [C-]#[N+]c1c(F)cc(Cn2cc(C(=O)OCC)cn2)cc1OC. The van der Waals surface area contributed by atoms with Crippen molar-refractivity contribution in [2.45, 2.75) is 13.5 Å². The van der Waals surface area contributed by atoms with Gasteiger partial charge in [-0.15, -0.1) is 0 Å². The second kappa shape index (κ2) is 6.72. The van der Waals surface area contributed by atoms with Crippen molar-refractivity contribution in [3.8, 4) is 5.75 Å². The molecule has 2 aromatic rings. The van der Waals surface area contributed by atoms with Crippen LogP contribution in [0.1, 0.15) is 22.8 Å². The molecule has 0 spiro atoms. The molecular formula is C15H14FN3O3. The number of nitrogens with zero attached hydrogens (tertiary/aromatic N) is 3. The standard InChI is InChI=1S/C15H14FN3O3/c1-4-22-15(20)11-7-18-19(9-11)8-10-5-12(16)14(17-2)13(6-10)21-3/h5-7,9H,4,8H2,1,3H3. The molecule has 0 N–H and O–H groups in total. The number of halogens is 1. The first-order valence-corrected chi connectivity index (χ1v) is 6.52. The molecular weight excluding hydrogens is 289 g/mol. The Morgan fingerprint density at radius 1 is 1.50 bits per heavy atom. The molecule has 0 saturated heterocycles. The van der Waals surface area contributed by atoms with Crippen LogP contribution < -0.4 is 4.74 Å². The van der Waals surface area contributed by atoms with Crippen LogP contribution in [0.3, 0.4) is 0 Å². The first-order chi connectivity index (χ1) is 10.6. The van der Waals surface area contributed by atoms with Gasteiger partial charge in [-0.25, -0.2) is 14.0 Å². The molecule has 0 unspecified atom stereocenters. The lowest BCUT2D eigenvalue weighted by Gasteiger charge is -2.08. The third-order valence-electron chi connectivity index (χ3n) is 2.91. The van der Waals surface area contributed by atoms with Crippen molar-refractivity contribution in [2.75, 3.05) is 13.7 Å². The lowest BCUT2D eigenvalue weighted by atomic mass is 10.2. The molecule has 0 bridgehead atoms. The fraction of sp³-hybridized carbons (Fsp3) is 0.267. The summed E-state index contributed by atoms with van der Waals surface area (Å²) >= 11 is 0. The zero-order valence-corrected chi connectivity index (χ0v) is 12.2. The van der Waals surface area contributed by atoms with E-state index in [1.165, 1.54) is 30.3 Å². The Morgan fingerprint density at radius 2 is 2.27 bits per heavy atom. The summed E-state index contributed by atoms with van der Waals surface area (Å²) in [5, 5.41) is 4.03. The highest BCUT2D eigenvalue weighted by Gasteiger charge is 2.13. The van der Waals surface area contributed by atoms with Crippen molar-refractivity contribution in [3.05, 3.63) is 52.9 Å². The van der Waals surface area contributed by atoms with Crippen LogP contribution in [0, 0.1) is 12.4 Å². The highest BCUT2D eigenvalue weighted by molar-refractivity contribution is 5.88. The second-order valence-corrected chi connectivity index (χ2v) is 4.39. The molecule has 0 aliphatic heterocycles. The van der Waals surface area contributed by atoms with Crippen LogP contribution in [0.15, 0.2) is 24.5 Å². The zero-order valence-electron chi connectivity index (χ0n) is 12.2. The van der Waals surface area contributed by atoms with Gasteiger partial charge in [0, 0.05) is 6.20 Å². The molecule has 2 rings (SSSR count). The number of ether oxygens (including phenoxy) is 2. The van der Waals surface area contributed by atoms with Gasteiger partial charge in [-0.05, 0) is 24.6 Å². The predicted octanol–water partition coefficient (Wildman–Crippen LogP) is 2.81. The fourth-order valence-electron chi connectivity index (χ4n) is 1.94. The highest BCUT2D eigenvalue weighted by Crippen LogP contribution is 2.32. The summed E-state index contributed by atoms with van der Waals surface area (Å²) in [6.45, 7) is 9.19. The van der Waals surface area contributed by atoms with Crippen molar-refractivity contribution in [1.82, 2.24) is 9.78 Å². The van der Waals surface area contributed by atoms with Crippen molar-refractivity contribution < 1.29 is 18.7 Å². The molecule has 0 saturated carbocycles. The number of carbonyl (C=O) groups excluding carboxylic acids is 1. The summed E-state index contributed by atoms with van der Waals surface area (Å²) < 4.78 is 25.2. The monoisotopic (exact) mass is 303 g/mol. The van der Waals surface area contributed by atoms with E-state index in [-0.39, 0.29) is 24.6 Å². The Bertz CT molecular complexity index is 734. The van der Waals surface area contributed by atoms with Crippen LogP contribution in [0.5, 0.6) is 5.75 Å². The maximum Gasteiger partial charge on any atom is 0.341 e. The molecule has 6 nitrogen and oxygen atoms in total. The van der Waals surface area contributed by atoms with Gasteiger partial charge in [0.1, 0.15) is 11.6 Å². The van der Waals surface area contributed by atoms with Crippen molar-refractivity contribution in [1.29, 1.82) is 0 Å². The molecule has 1 aromatic carbocycles. The third-order valence-corrected chi connectivity index (χ3v) is 2.91. The van der Waals surface area contributed by atoms with Crippen molar-refractivity contribution in [3.63, 3.8) is 0 Å². The molecule has 0 radical (unpaired) electrons. The van der Waals surface area contributed by atoms with E-state index in [0.717, 1.165) is 0 Å². The summed E-state index contributed by atoms with van der Waals surface area (Å²) in [6.07, 6.45) is 2.91. The van der Waals surface area contributed by atoms with Crippen LogP contribution in [-0.4, -0.2) is 29.5 Å². The zero-order chi connectivity index (χ0) is 16.1. The molecule has 1 aromatic heterocycles. The molecule has 1 heterocycles. The van der Waals surface area contributed by atoms with Gasteiger partial charge in [-0.2, -0.15) is 5.10 Å². The Hall–Kier alpha value is -2.88. The molecule has 0 amide bonds. The van der Waals surface area contributed by atoms with Crippen LogP contribution in [0.4, 0.5) is 10.1 Å². The molecule has 0 aliphatic carbocycles. The summed E-state index contributed by atoms with van der Waals surface area (Å²) in [4.78, 5) is 14.7. The number of carbonyl (C=O) groups is 1. The van der Waals surface area contributed by atoms with Crippen LogP contribution >= 0.6 is 0 Å². The molecule has 114 valence electrons. The van der Waals surface area contributed by atoms with Gasteiger partial charge in [-0.3, -0.25) is 4.68 Å². The maximum atomic E-state index is 13.8. The van der Waals surface area contributed by atoms with Gasteiger partial charge < -0.3 is 9.47 Å². The topological polar surface area (TPSA) is 57.7 Å². The lowest BCUT2D eigenvalue weighted by molar-refractivity contribution is 0.0526. The van der Waals surface area contributed by atoms with Crippen molar-refractivity contribution >= 4 is 11.7 Å². The molecule has 7 heteroatoms. The smallest absolute Gasteiger partial charge is 0.341 e. The summed E-state index contributed by atoms with van der Waals surface area (Å²) in [7, 11) is 1.38. The fourth-order valence-corrected chi connectivity index (χ4v) is 1.94. The van der Waals surface area contributed by atoms with Gasteiger partial charge in [0.15, 0.2) is 0 Å². The number of benzene rings is 1. The average molecular weight is 303 g/mol. The van der Waals surface area contributed by atoms with E-state index in [1.54, 1.807) is 13.0 Å². The number of rotatable bonds is 5. The summed E-state index contributed by atoms with van der Waals surface area (Å²) in [5.41, 5.74) is 0.742. The lowest BCUT2D eigenvalue weighted by Crippen LogP contribution is -2.04. The number of hydrogen-bond acceptors (Lipinski definition) is 4. The van der Waals surface area contributed by atoms with Gasteiger partial charge in [0.2, 0.25) is 0 Å². The predicted molar refractivity (Wildman–Crippen MR) is 76.5 cm³/mol. The Balaban J connectivity index is 2.23. The van der Waals surface area contributed by atoms with E-state index in [0.29, 0.717) is 11.1 Å². The second-order valence-electron chi connectivity index (χ2n) is 4.39.